The van der Waals surface area contributed by atoms with Gasteiger partial charge in [-0.15, -0.1) is 0 Å². The van der Waals surface area contributed by atoms with E-state index >= 15 is 0 Å². The summed E-state index contributed by atoms with van der Waals surface area (Å²) < 4.78 is 6.05. The van der Waals surface area contributed by atoms with Crippen LogP contribution >= 0.6 is 0 Å². The Bertz CT molecular complexity index is 317. The van der Waals surface area contributed by atoms with Gasteiger partial charge >= 0.3 is 0 Å². The maximum absolute atomic E-state index is 6.05. The van der Waals surface area contributed by atoms with Gasteiger partial charge in [-0.25, -0.2) is 0 Å². The van der Waals surface area contributed by atoms with Crippen LogP contribution < -0.4 is 4.74 Å². The molecular weight excluding hydrogens is 186 g/mol. The van der Waals surface area contributed by atoms with Crippen molar-refractivity contribution >= 4 is 0 Å². The van der Waals surface area contributed by atoms with E-state index in [-0.39, 0.29) is 0 Å². The number of fused-ring (bicyclic) bond motifs is 3. The molecule has 0 radical (unpaired) electrons. The number of rotatable bonds is 2. The van der Waals surface area contributed by atoms with E-state index < -0.39 is 0 Å². The first kappa shape index (κ1) is 9.22. The highest BCUT2D eigenvalue weighted by molar-refractivity contribution is 5.21. The number of nitrogens with zero attached hydrogens (tertiary/aromatic N) is 1. The van der Waals surface area contributed by atoms with Crippen LogP contribution in [0.5, 0.6) is 5.75 Å². The summed E-state index contributed by atoms with van der Waals surface area (Å²) in [6.45, 7) is 3.68. The van der Waals surface area contributed by atoms with E-state index in [4.69, 9.17) is 4.74 Å². The maximum atomic E-state index is 6.05. The Balaban J connectivity index is 1.69. The van der Waals surface area contributed by atoms with Gasteiger partial charge in [-0.3, -0.25) is 4.90 Å². The second-order valence-corrected chi connectivity index (χ2v) is 4.61. The van der Waals surface area contributed by atoms with Gasteiger partial charge in [-0.05, 0) is 44.0 Å². The molecule has 15 heavy (non-hydrogen) atoms. The van der Waals surface area contributed by atoms with Gasteiger partial charge in [0, 0.05) is 6.54 Å². The minimum absolute atomic E-state index is 0.426. The SMILES string of the molecule is c1ccc(OC2CN3CCC2CC3)cc1. The van der Waals surface area contributed by atoms with Crippen LogP contribution in [0.3, 0.4) is 0 Å². The first-order valence-corrected chi connectivity index (χ1v) is 5.86. The Morgan fingerprint density at radius 2 is 1.80 bits per heavy atom. The second-order valence-electron chi connectivity index (χ2n) is 4.61. The molecule has 1 aromatic rings. The van der Waals surface area contributed by atoms with E-state index in [1.165, 1.54) is 25.9 Å². The van der Waals surface area contributed by atoms with Crippen molar-refractivity contribution in [3.8, 4) is 5.75 Å². The monoisotopic (exact) mass is 203 g/mol. The molecule has 1 atom stereocenters. The van der Waals surface area contributed by atoms with Crippen molar-refractivity contribution in [1.82, 2.24) is 4.90 Å². The lowest BCUT2D eigenvalue weighted by molar-refractivity contribution is -0.00775. The lowest BCUT2D eigenvalue weighted by atomic mass is 9.86. The lowest BCUT2D eigenvalue weighted by Gasteiger charge is -2.44. The van der Waals surface area contributed by atoms with Crippen LogP contribution in [0.25, 0.3) is 0 Å². The van der Waals surface area contributed by atoms with Crippen LogP contribution in [0.1, 0.15) is 12.8 Å². The summed E-state index contributed by atoms with van der Waals surface area (Å²) in [5.41, 5.74) is 0. The predicted molar refractivity (Wildman–Crippen MR) is 60.0 cm³/mol. The molecule has 80 valence electrons. The van der Waals surface area contributed by atoms with Crippen LogP contribution in [0.2, 0.25) is 0 Å². The lowest BCUT2D eigenvalue weighted by Crippen LogP contribution is -2.52. The summed E-state index contributed by atoms with van der Waals surface area (Å²) in [6, 6.07) is 10.2. The van der Waals surface area contributed by atoms with Crippen molar-refractivity contribution in [2.45, 2.75) is 18.9 Å². The zero-order chi connectivity index (χ0) is 10.1. The van der Waals surface area contributed by atoms with Crippen LogP contribution in [0.15, 0.2) is 30.3 Å². The van der Waals surface area contributed by atoms with Crippen molar-refractivity contribution in [2.24, 2.45) is 5.92 Å². The fraction of sp³-hybridized carbons (Fsp3) is 0.538. The Kier molecular flexibility index (Phi) is 2.37. The molecule has 0 saturated carbocycles. The van der Waals surface area contributed by atoms with Crippen LogP contribution in [-0.4, -0.2) is 30.6 Å². The highest BCUT2D eigenvalue weighted by Gasteiger charge is 2.35. The molecule has 3 aliphatic rings. The fourth-order valence-electron chi connectivity index (χ4n) is 2.72. The number of benzene rings is 1. The highest BCUT2D eigenvalue weighted by Crippen LogP contribution is 2.30. The number of para-hydroxylation sites is 1. The largest absolute Gasteiger partial charge is 0.489 e. The van der Waals surface area contributed by atoms with Crippen molar-refractivity contribution in [2.75, 3.05) is 19.6 Å². The van der Waals surface area contributed by atoms with Gasteiger partial charge < -0.3 is 4.74 Å². The zero-order valence-corrected chi connectivity index (χ0v) is 8.93. The fourth-order valence-corrected chi connectivity index (χ4v) is 2.72. The van der Waals surface area contributed by atoms with Crippen molar-refractivity contribution in [1.29, 1.82) is 0 Å². The van der Waals surface area contributed by atoms with Gasteiger partial charge in [-0.2, -0.15) is 0 Å². The van der Waals surface area contributed by atoms with Crippen LogP contribution in [0.4, 0.5) is 0 Å². The molecule has 0 aliphatic carbocycles. The standard InChI is InChI=1S/C13H17NO/c1-2-4-12(5-3-1)15-13-10-14-8-6-11(13)7-9-14/h1-5,11,13H,6-10H2. The summed E-state index contributed by atoms with van der Waals surface area (Å²) >= 11 is 0. The molecule has 4 rings (SSSR count). The average Bonchev–Trinajstić information content (AvgIpc) is 2.32. The highest BCUT2D eigenvalue weighted by atomic mass is 16.5. The number of hydrogen-bond donors (Lipinski definition) is 0. The van der Waals surface area contributed by atoms with Crippen LogP contribution in [0, 0.1) is 5.92 Å². The zero-order valence-electron chi connectivity index (χ0n) is 8.93. The molecule has 3 fully saturated rings. The number of hydrogen-bond acceptors (Lipinski definition) is 2. The third-order valence-corrected chi connectivity index (χ3v) is 3.63. The third kappa shape index (κ3) is 1.86. The molecule has 3 heterocycles. The smallest absolute Gasteiger partial charge is 0.119 e. The molecule has 0 N–H and O–H groups in total. The molecule has 2 heteroatoms. The molecular formula is C13H17NO. The Hall–Kier alpha value is -1.02. The van der Waals surface area contributed by atoms with Gasteiger partial charge in [0.2, 0.25) is 0 Å². The Morgan fingerprint density at radius 1 is 1.07 bits per heavy atom. The quantitative estimate of drug-likeness (QED) is 0.730. The van der Waals surface area contributed by atoms with E-state index in [9.17, 15) is 0 Å². The average molecular weight is 203 g/mol. The topological polar surface area (TPSA) is 12.5 Å². The van der Waals surface area contributed by atoms with Gasteiger partial charge in [0.05, 0.1) is 0 Å². The van der Waals surface area contributed by atoms with E-state index in [1.807, 2.05) is 18.2 Å². The Morgan fingerprint density at radius 3 is 2.40 bits per heavy atom. The molecule has 0 aromatic heterocycles. The minimum atomic E-state index is 0.426. The third-order valence-electron chi connectivity index (χ3n) is 3.63. The van der Waals surface area contributed by atoms with E-state index in [0.29, 0.717) is 6.10 Å². The van der Waals surface area contributed by atoms with Crippen molar-refractivity contribution in [3.63, 3.8) is 0 Å². The van der Waals surface area contributed by atoms with Gasteiger partial charge in [0.25, 0.3) is 0 Å². The van der Waals surface area contributed by atoms with E-state index in [0.717, 1.165) is 18.2 Å². The van der Waals surface area contributed by atoms with Gasteiger partial charge in [0.1, 0.15) is 11.9 Å². The minimum Gasteiger partial charge on any atom is -0.489 e. The molecule has 1 unspecified atom stereocenters. The molecule has 0 spiro atoms. The normalized spacial score (nSPS) is 34.0. The summed E-state index contributed by atoms with van der Waals surface area (Å²) in [4.78, 5) is 2.52. The van der Waals surface area contributed by atoms with Crippen molar-refractivity contribution in [3.05, 3.63) is 30.3 Å². The number of ether oxygens (including phenoxy) is 1. The molecule has 2 bridgehead atoms. The van der Waals surface area contributed by atoms with Gasteiger partial charge in [0.15, 0.2) is 0 Å². The predicted octanol–water partition coefficient (Wildman–Crippen LogP) is 2.16. The summed E-state index contributed by atoms with van der Waals surface area (Å²) in [6.07, 6.45) is 3.06. The van der Waals surface area contributed by atoms with E-state index in [2.05, 4.69) is 17.0 Å². The molecule has 3 saturated heterocycles. The van der Waals surface area contributed by atoms with Crippen LogP contribution in [-0.2, 0) is 0 Å². The summed E-state index contributed by atoms with van der Waals surface area (Å²) in [7, 11) is 0. The Labute approximate surface area is 90.8 Å². The first-order valence-electron chi connectivity index (χ1n) is 5.86. The molecule has 2 nitrogen and oxygen atoms in total. The number of piperidine rings is 3. The maximum Gasteiger partial charge on any atom is 0.119 e. The molecule has 3 aliphatic heterocycles. The van der Waals surface area contributed by atoms with E-state index in [1.54, 1.807) is 0 Å². The van der Waals surface area contributed by atoms with Gasteiger partial charge in [-0.1, -0.05) is 18.2 Å². The second kappa shape index (κ2) is 3.86. The first-order chi connectivity index (χ1) is 7.42. The summed E-state index contributed by atoms with van der Waals surface area (Å²) in [5, 5.41) is 0. The van der Waals surface area contributed by atoms with Crippen molar-refractivity contribution < 1.29 is 4.74 Å². The molecule has 1 aromatic carbocycles. The molecule has 0 amide bonds. The summed E-state index contributed by atoms with van der Waals surface area (Å²) in [5.74, 6) is 1.81.